The lowest BCUT2D eigenvalue weighted by molar-refractivity contribution is -0.0142. The minimum Gasteiger partial charge on any atom is -0.434 e. The maximum atomic E-state index is 12.2. The van der Waals surface area contributed by atoms with Crippen molar-refractivity contribution in [3.05, 3.63) is 30.3 Å². The maximum Gasteiger partial charge on any atom is 0.305 e. The Labute approximate surface area is 128 Å². The molecule has 1 fully saturated rings. The van der Waals surface area contributed by atoms with E-state index in [0.29, 0.717) is 5.75 Å². The molecule has 1 heterocycles. The first-order chi connectivity index (χ1) is 9.71. The normalized spacial score (nSPS) is 23.7. The molecule has 0 aromatic heterocycles. The molecule has 4 nitrogen and oxygen atoms in total. The summed E-state index contributed by atoms with van der Waals surface area (Å²) in [7, 11) is -0.110. The van der Waals surface area contributed by atoms with Crippen LogP contribution in [-0.4, -0.2) is 29.1 Å². The number of likely N-dealkylation sites (tertiary alicyclic amines) is 1. The highest BCUT2D eigenvalue weighted by Crippen LogP contribution is 2.38. The van der Waals surface area contributed by atoms with Crippen molar-refractivity contribution in [2.45, 2.75) is 57.7 Å². The predicted molar refractivity (Wildman–Crippen MR) is 88.2 cm³/mol. The van der Waals surface area contributed by atoms with Crippen LogP contribution in [0.25, 0.3) is 0 Å². The zero-order valence-electron chi connectivity index (χ0n) is 13.6. The fraction of sp³-hybridized carbons (Fsp3) is 0.625. The Bertz CT molecular complexity index is 484. The van der Waals surface area contributed by atoms with Crippen molar-refractivity contribution >= 4 is 8.18 Å². The van der Waals surface area contributed by atoms with Crippen molar-refractivity contribution in [1.82, 2.24) is 9.99 Å². The number of nitrogens with one attached hydrogen (secondary N) is 1. The number of piperidine rings is 1. The van der Waals surface area contributed by atoms with Gasteiger partial charge in [0.05, 0.1) is 0 Å². The van der Waals surface area contributed by atoms with Crippen molar-refractivity contribution in [2.75, 3.05) is 7.05 Å². The molecule has 1 atom stereocenters. The summed E-state index contributed by atoms with van der Waals surface area (Å²) in [6.07, 6.45) is 1.92. The van der Waals surface area contributed by atoms with Crippen LogP contribution in [0.1, 0.15) is 40.5 Å². The fourth-order valence-corrected chi connectivity index (χ4v) is 4.21. The van der Waals surface area contributed by atoms with E-state index in [-0.39, 0.29) is 17.1 Å². The smallest absolute Gasteiger partial charge is 0.305 e. The average molecular weight is 310 g/mol. The van der Waals surface area contributed by atoms with E-state index in [2.05, 4.69) is 44.7 Å². The second kappa shape index (κ2) is 6.12. The maximum absolute atomic E-state index is 12.2. The van der Waals surface area contributed by atoms with Crippen molar-refractivity contribution in [1.29, 1.82) is 0 Å². The third kappa shape index (κ3) is 4.09. The van der Waals surface area contributed by atoms with Gasteiger partial charge in [-0.2, -0.15) is 0 Å². The van der Waals surface area contributed by atoms with Gasteiger partial charge in [0, 0.05) is 17.1 Å². The first kappa shape index (κ1) is 16.5. The van der Waals surface area contributed by atoms with E-state index in [1.807, 2.05) is 30.3 Å². The molecule has 1 unspecified atom stereocenters. The van der Waals surface area contributed by atoms with Gasteiger partial charge in [0.2, 0.25) is 0 Å². The number of hydrogen-bond acceptors (Lipinski definition) is 3. The molecule has 1 aliphatic heterocycles. The quantitative estimate of drug-likeness (QED) is 0.861. The molecule has 0 aliphatic carbocycles. The summed E-state index contributed by atoms with van der Waals surface area (Å²) in [6.45, 7) is 8.94. The molecule has 0 amide bonds. The van der Waals surface area contributed by atoms with Gasteiger partial charge in [-0.3, -0.25) is 9.46 Å². The number of para-hydroxylation sites is 1. The minimum absolute atomic E-state index is 0.0777. The Balaban J connectivity index is 1.98. The van der Waals surface area contributed by atoms with Gasteiger partial charge in [0.1, 0.15) is 5.75 Å². The lowest BCUT2D eigenvalue weighted by atomic mass is 9.78. The highest BCUT2D eigenvalue weighted by Gasteiger charge is 2.43. The van der Waals surface area contributed by atoms with Crippen LogP contribution in [0.5, 0.6) is 5.75 Å². The molecule has 0 bridgehead atoms. The van der Waals surface area contributed by atoms with Crippen LogP contribution in [0.3, 0.4) is 0 Å². The SMILES string of the molecule is CN1C(C)(C)CC(N[PH](=O)Oc2ccccc2)CC1(C)C. The summed E-state index contributed by atoms with van der Waals surface area (Å²) in [6, 6.07) is 9.54. The van der Waals surface area contributed by atoms with Gasteiger partial charge < -0.3 is 4.52 Å². The van der Waals surface area contributed by atoms with Crippen LogP contribution in [0.15, 0.2) is 30.3 Å². The molecule has 21 heavy (non-hydrogen) atoms. The Hall–Kier alpha value is -0.830. The molecule has 5 heteroatoms. The van der Waals surface area contributed by atoms with Crippen LogP contribution in [0.2, 0.25) is 0 Å². The minimum atomic E-state index is -2.28. The third-order valence-electron chi connectivity index (χ3n) is 4.58. The van der Waals surface area contributed by atoms with E-state index >= 15 is 0 Å². The van der Waals surface area contributed by atoms with Crippen molar-refractivity contribution in [2.24, 2.45) is 0 Å². The predicted octanol–water partition coefficient (Wildman–Crippen LogP) is 3.70. The summed E-state index contributed by atoms with van der Waals surface area (Å²) in [5.74, 6) is 0.653. The van der Waals surface area contributed by atoms with Crippen LogP contribution in [0.4, 0.5) is 0 Å². The monoisotopic (exact) mass is 310 g/mol. The molecule has 0 spiro atoms. The third-order valence-corrected chi connectivity index (χ3v) is 5.65. The van der Waals surface area contributed by atoms with Gasteiger partial charge >= 0.3 is 8.18 Å². The molecular weight excluding hydrogens is 283 g/mol. The number of benzene rings is 1. The molecule has 2 rings (SSSR count). The fourth-order valence-electron chi connectivity index (χ4n) is 3.27. The summed E-state index contributed by atoms with van der Waals surface area (Å²) in [5.41, 5.74) is 0.155. The summed E-state index contributed by atoms with van der Waals surface area (Å²) < 4.78 is 17.7. The summed E-state index contributed by atoms with van der Waals surface area (Å²) in [5, 5.41) is 3.20. The number of rotatable bonds is 4. The van der Waals surface area contributed by atoms with Gasteiger partial charge in [0.25, 0.3) is 0 Å². The first-order valence-corrected chi connectivity index (χ1v) is 8.80. The zero-order chi connectivity index (χ0) is 15.7. The van der Waals surface area contributed by atoms with Crippen LogP contribution in [0, 0.1) is 0 Å². The number of hydrogen-bond donors (Lipinski definition) is 1. The largest absolute Gasteiger partial charge is 0.434 e. The lowest BCUT2D eigenvalue weighted by Gasteiger charge is -2.53. The van der Waals surface area contributed by atoms with E-state index in [9.17, 15) is 4.57 Å². The first-order valence-electron chi connectivity index (χ1n) is 7.48. The van der Waals surface area contributed by atoms with E-state index in [0.717, 1.165) is 12.8 Å². The Morgan fingerprint density at radius 2 is 1.67 bits per heavy atom. The molecule has 1 saturated heterocycles. The van der Waals surface area contributed by atoms with E-state index in [4.69, 9.17) is 4.52 Å². The van der Waals surface area contributed by atoms with Gasteiger partial charge in [0.15, 0.2) is 0 Å². The van der Waals surface area contributed by atoms with Crippen LogP contribution >= 0.6 is 8.18 Å². The summed E-state index contributed by atoms with van der Waals surface area (Å²) >= 11 is 0. The Kier molecular flexibility index (Phi) is 4.82. The molecule has 1 aromatic rings. The van der Waals surface area contributed by atoms with Gasteiger partial charge in [-0.25, -0.2) is 5.09 Å². The second-order valence-electron chi connectivity index (χ2n) is 7.14. The van der Waals surface area contributed by atoms with E-state index in [1.54, 1.807) is 0 Å². The van der Waals surface area contributed by atoms with Gasteiger partial charge in [-0.15, -0.1) is 0 Å². The average Bonchev–Trinajstić information content (AvgIpc) is 2.36. The van der Waals surface area contributed by atoms with Crippen molar-refractivity contribution < 1.29 is 9.09 Å². The van der Waals surface area contributed by atoms with Crippen molar-refractivity contribution in [3.63, 3.8) is 0 Å². The molecule has 1 N–H and O–H groups in total. The van der Waals surface area contributed by atoms with Gasteiger partial charge in [-0.05, 0) is 59.7 Å². The Morgan fingerprint density at radius 1 is 1.14 bits per heavy atom. The van der Waals surface area contributed by atoms with Crippen LogP contribution < -0.4 is 9.61 Å². The highest BCUT2D eigenvalue weighted by atomic mass is 31.1. The number of nitrogens with zero attached hydrogens (tertiary/aromatic N) is 1. The molecule has 118 valence electrons. The molecule has 0 radical (unpaired) electrons. The highest BCUT2D eigenvalue weighted by molar-refractivity contribution is 7.37. The molecule has 1 aliphatic rings. The standard InChI is InChI=1S/C16H27N2O2P/c1-15(2)11-13(12-16(3,4)18(15)5)17-21(19)20-14-9-7-6-8-10-14/h6-10,13,21H,11-12H2,1-5H3,(H,17,19). The molecular formula is C16H27N2O2P. The molecule has 0 saturated carbocycles. The summed E-state index contributed by atoms with van der Waals surface area (Å²) in [4.78, 5) is 2.41. The zero-order valence-corrected chi connectivity index (χ0v) is 14.6. The van der Waals surface area contributed by atoms with E-state index < -0.39 is 8.18 Å². The van der Waals surface area contributed by atoms with E-state index in [1.165, 1.54) is 0 Å². The lowest BCUT2D eigenvalue weighted by Crippen LogP contribution is -2.61. The topological polar surface area (TPSA) is 41.6 Å². The van der Waals surface area contributed by atoms with Crippen LogP contribution in [-0.2, 0) is 4.57 Å². The van der Waals surface area contributed by atoms with Gasteiger partial charge in [-0.1, -0.05) is 18.2 Å². The molecule has 1 aromatic carbocycles. The van der Waals surface area contributed by atoms with Crippen molar-refractivity contribution in [3.8, 4) is 5.75 Å². The second-order valence-corrected chi connectivity index (χ2v) is 8.20. The Morgan fingerprint density at radius 3 is 2.19 bits per heavy atom.